The molecule has 2 amide bonds. The Kier molecular flexibility index (Phi) is 5.66. The van der Waals surface area contributed by atoms with Gasteiger partial charge in [0.1, 0.15) is 5.75 Å². The summed E-state index contributed by atoms with van der Waals surface area (Å²) in [6, 6.07) is 5.63. The lowest BCUT2D eigenvalue weighted by Gasteiger charge is -2.26. The molecule has 3 rings (SSSR count). The number of carbonyl (C=O) groups excluding carboxylic acids is 2. The molecule has 0 unspecified atom stereocenters. The standard InChI is InChI=1S/C17H23N3O4/c21-16(18-5-6-20-7-9-23-10-8-20)4-2-13-1-3-15-14(11-13)19-17(22)12-24-15/h1,3,11H,2,4-10,12H2,(H,18,21)(H,19,22). The molecule has 2 N–H and O–H groups in total. The zero-order valence-corrected chi connectivity index (χ0v) is 13.7. The van der Waals surface area contributed by atoms with Crippen molar-refractivity contribution in [3.8, 4) is 5.75 Å². The molecule has 1 saturated heterocycles. The van der Waals surface area contributed by atoms with Crippen LogP contribution in [0.3, 0.4) is 0 Å². The quantitative estimate of drug-likeness (QED) is 0.788. The summed E-state index contributed by atoms with van der Waals surface area (Å²) in [4.78, 5) is 25.6. The summed E-state index contributed by atoms with van der Waals surface area (Å²) in [5, 5.41) is 5.73. The number of amides is 2. The molecule has 1 aromatic carbocycles. The minimum absolute atomic E-state index is 0.0428. The highest BCUT2D eigenvalue weighted by molar-refractivity contribution is 5.95. The van der Waals surface area contributed by atoms with Crippen molar-refractivity contribution in [2.75, 3.05) is 51.3 Å². The lowest BCUT2D eigenvalue weighted by Crippen LogP contribution is -2.41. The second-order valence-corrected chi connectivity index (χ2v) is 5.97. The molecule has 0 aliphatic carbocycles. The Morgan fingerprint density at radius 2 is 2.12 bits per heavy atom. The van der Waals surface area contributed by atoms with Gasteiger partial charge in [-0.2, -0.15) is 0 Å². The molecule has 1 aromatic rings. The molecule has 0 bridgehead atoms. The van der Waals surface area contributed by atoms with Gasteiger partial charge in [0.15, 0.2) is 6.61 Å². The fourth-order valence-corrected chi connectivity index (χ4v) is 2.81. The lowest BCUT2D eigenvalue weighted by atomic mass is 10.1. The molecular formula is C17H23N3O4. The van der Waals surface area contributed by atoms with Gasteiger partial charge in [-0.15, -0.1) is 0 Å². The summed E-state index contributed by atoms with van der Waals surface area (Å²) in [5.41, 5.74) is 1.68. The number of aryl methyl sites for hydroxylation is 1. The van der Waals surface area contributed by atoms with Crippen LogP contribution >= 0.6 is 0 Å². The van der Waals surface area contributed by atoms with E-state index in [0.717, 1.165) is 38.4 Å². The van der Waals surface area contributed by atoms with Crippen LogP contribution in [0.4, 0.5) is 5.69 Å². The maximum Gasteiger partial charge on any atom is 0.262 e. The van der Waals surface area contributed by atoms with E-state index >= 15 is 0 Å². The summed E-state index contributed by atoms with van der Waals surface area (Å²) in [6.07, 6.45) is 1.06. The maximum absolute atomic E-state index is 12.0. The van der Waals surface area contributed by atoms with Crippen LogP contribution in [0.2, 0.25) is 0 Å². The number of ether oxygens (including phenoxy) is 2. The molecule has 2 aliphatic heterocycles. The van der Waals surface area contributed by atoms with Gasteiger partial charge < -0.3 is 20.1 Å². The first-order valence-corrected chi connectivity index (χ1v) is 8.33. The van der Waals surface area contributed by atoms with E-state index in [1.54, 1.807) is 0 Å². The van der Waals surface area contributed by atoms with Crippen molar-refractivity contribution < 1.29 is 19.1 Å². The van der Waals surface area contributed by atoms with Crippen LogP contribution in [0.15, 0.2) is 18.2 Å². The van der Waals surface area contributed by atoms with Crippen molar-refractivity contribution in [2.24, 2.45) is 0 Å². The molecule has 0 saturated carbocycles. The van der Waals surface area contributed by atoms with Gasteiger partial charge in [0, 0.05) is 32.6 Å². The number of nitrogens with zero attached hydrogens (tertiary/aromatic N) is 1. The van der Waals surface area contributed by atoms with Crippen LogP contribution in [0.1, 0.15) is 12.0 Å². The van der Waals surface area contributed by atoms with Crippen LogP contribution in [-0.4, -0.2) is 62.7 Å². The number of nitrogens with one attached hydrogen (secondary N) is 2. The second-order valence-electron chi connectivity index (χ2n) is 5.97. The van der Waals surface area contributed by atoms with Crippen LogP contribution in [0, 0.1) is 0 Å². The Labute approximate surface area is 141 Å². The summed E-state index contributed by atoms with van der Waals surface area (Å²) in [7, 11) is 0. The van der Waals surface area contributed by atoms with Crippen LogP contribution < -0.4 is 15.4 Å². The van der Waals surface area contributed by atoms with Crippen LogP contribution in [0.25, 0.3) is 0 Å². The number of benzene rings is 1. The molecule has 130 valence electrons. The van der Waals surface area contributed by atoms with E-state index in [1.807, 2.05) is 18.2 Å². The number of fused-ring (bicyclic) bond motifs is 1. The second kappa shape index (κ2) is 8.12. The third kappa shape index (κ3) is 4.69. The van der Waals surface area contributed by atoms with Gasteiger partial charge in [0.2, 0.25) is 5.91 Å². The third-order valence-corrected chi connectivity index (χ3v) is 4.17. The van der Waals surface area contributed by atoms with Crippen molar-refractivity contribution in [3.63, 3.8) is 0 Å². The highest BCUT2D eigenvalue weighted by Gasteiger charge is 2.16. The molecule has 0 aromatic heterocycles. The Balaban J connectivity index is 1.39. The summed E-state index contributed by atoms with van der Waals surface area (Å²) in [5.74, 6) is 0.565. The smallest absolute Gasteiger partial charge is 0.262 e. The van der Waals surface area contributed by atoms with Gasteiger partial charge >= 0.3 is 0 Å². The Morgan fingerprint density at radius 1 is 1.29 bits per heavy atom. The maximum atomic E-state index is 12.0. The van der Waals surface area contributed by atoms with E-state index < -0.39 is 0 Å². The average molecular weight is 333 g/mol. The zero-order valence-electron chi connectivity index (χ0n) is 13.7. The van der Waals surface area contributed by atoms with Crippen LogP contribution in [0.5, 0.6) is 5.75 Å². The summed E-state index contributed by atoms with van der Waals surface area (Å²) < 4.78 is 10.6. The minimum atomic E-state index is -0.152. The normalized spacial score (nSPS) is 17.6. The highest BCUT2D eigenvalue weighted by atomic mass is 16.5. The van der Waals surface area contributed by atoms with Gasteiger partial charge in [-0.25, -0.2) is 0 Å². The Bertz CT molecular complexity index is 599. The van der Waals surface area contributed by atoms with E-state index in [9.17, 15) is 9.59 Å². The number of hydrogen-bond donors (Lipinski definition) is 2. The van der Waals surface area contributed by atoms with Gasteiger partial charge in [-0.05, 0) is 24.1 Å². The SMILES string of the molecule is O=C(CCc1ccc2c(c1)NC(=O)CO2)NCCN1CCOCC1. The lowest BCUT2D eigenvalue weighted by molar-refractivity contribution is -0.121. The first-order valence-electron chi connectivity index (χ1n) is 8.33. The van der Waals surface area contributed by atoms with Gasteiger partial charge in [0.05, 0.1) is 18.9 Å². The molecule has 1 fully saturated rings. The molecule has 0 radical (unpaired) electrons. The number of hydrogen-bond acceptors (Lipinski definition) is 5. The van der Waals surface area contributed by atoms with E-state index in [4.69, 9.17) is 9.47 Å². The highest BCUT2D eigenvalue weighted by Crippen LogP contribution is 2.28. The molecule has 2 heterocycles. The van der Waals surface area contributed by atoms with Crippen molar-refractivity contribution in [3.05, 3.63) is 23.8 Å². The molecule has 0 atom stereocenters. The number of anilines is 1. The minimum Gasteiger partial charge on any atom is -0.482 e. The third-order valence-electron chi connectivity index (χ3n) is 4.17. The van der Waals surface area contributed by atoms with Gasteiger partial charge in [0.25, 0.3) is 5.91 Å². The van der Waals surface area contributed by atoms with Crippen LogP contribution in [-0.2, 0) is 20.7 Å². The van der Waals surface area contributed by atoms with E-state index in [2.05, 4.69) is 15.5 Å². The Hall–Kier alpha value is -2.12. The molecular weight excluding hydrogens is 310 g/mol. The molecule has 7 nitrogen and oxygen atoms in total. The fourth-order valence-electron chi connectivity index (χ4n) is 2.81. The monoisotopic (exact) mass is 333 g/mol. The van der Waals surface area contributed by atoms with Crippen molar-refractivity contribution in [1.82, 2.24) is 10.2 Å². The van der Waals surface area contributed by atoms with Gasteiger partial charge in [-0.3, -0.25) is 14.5 Å². The number of rotatable bonds is 6. The average Bonchev–Trinajstić information content (AvgIpc) is 2.60. The molecule has 2 aliphatic rings. The number of morpholine rings is 1. The molecule has 7 heteroatoms. The van der Waals surface area contributed by atoms with Crippen molar-refractivity contribution in [1.29, 1.82) is 0 Å². The predicted octanol–water partition coefficient (Wildman–Crippen LogP) is 0.399. The zero-order chi connectivity index (χ0) is 16.8. The van der Waals surface area contributed by atoms with Crippen molar-refractivity contribution >= 4 is 17.5 Å². The molecule has 24 heavy (non-hydrogen) atoms. The summed E-state index contributed by atoms with van der Waals surface area (Å²) >= 11 is 0. The first-order chi connectivity index (χ1) is 11.7. The molecule has 0 spiro atoms. The number of carbonyl (C=O) groups is 2. The topological polar surface area (TPSA) is 79.9 Å². The van der Waals surface area contributed by atoms with E-state index in [-0.39, 0.29) is 18.4 Å². The first kappa shape index (κ1) is 16.7. The summed E-state index contributed by atoms with van der Waals surface area (Å²) in [6.45, 7) is 4.97. The van der Waals surface area contributed by atoms with E-state index in [0.29, 0.717) is 30.8 Å². The fraction of sp³-hybridized carbons (Fsp3) is 0.529. The van der Waals surface area contributed by atoms with Gasteiger partial charge in [-0.1, -0.05) is 6.07 Å². The largest absolute Gasteiger partial charge is 0.482 e. The van der Waals surface area contributed by atoms with E-state index in [1.165, 1.54) is 0 Å². The van der Waals surface area contributed by atoms with Crippen molar-refractivity contribution in [2.45, 2.75) is 12.8 Å². The Morgan fingerprint density at radius 3 is 2.96 bits per heavy atom. The predicted molar refractivity (Wildman–Crippen MR) is 89.2 cm³/mol.